The molecule has 0 aromatic heterocycles. The van der Waals surface area contributed by atoms with E-state index in [0.29, 0.717) is 25.6 Å². The van der Waals surface area contributed by atoms with E-state index < -0.39 is 10.0 Å². The second-order valence-corrected chi connectivity index (χ2v) is 6.54. The maximum absolute atomic E-state index is 12.1. The number of hydrogen-bond acceptors (Lipinski definition) is 5. The van der Waals surface area contributed by atoms with Gasteiger partial charge in [0.15, 0.2) is 0 Å². The van der Waals surface area contributed by atoms with Gasteiger partial charge < -0.3 is 15.2 Å². The van der Waals surface area contributed by atoms with Gasteiger partial charge in [0, 0.05) is 20.7 Å². The first-order chi connectivity index (χ1) is 9.41. The molecule has 6 nitrogen and oxygen atoms in total. The van der Waals surface area contributed by atoms with Crippen LogP contribution < -0.4 is 10.5 Å². The maximum atomic E-state index is 12.1. The Labute approximate surface area is 120 Å². The zero-order valence-electron chi connectivity index (χ0n) is 12.1. The highest BCUT2D eigenvalue weighted by Gasteiger charge is 2.22. The van der Waals surface area contributed by atoms with Crippen molar-refractivity contribution in [1.82, 2.24) is 4.31 Å². The molecule has 0 bridgehead atoms. The molecular weight excluding hydrogens is 280 g/mol. The second-order valence-electron chi connectivity index (χ2n) is 4.42. The summed E-state index contributed by atoms with van der Waals surface area (Å²) in [4.78, 5) is 0.0504. The molecule has 0 fully saturated rings. The lowest BCUT2D eigenvalue weighted by molar-refractivity contribution is 0.101. The fraction of sp³-hybridized carbons (Fsp3) is 0.538. The molecule has 0 aliphatic rings. The minimum Gasteiger partial charge on any atom is -0.489 e. The molecule has 1 aromatic carbocycles. The third-order valence-corrected chi connectivity index (χ3v) is 4.49. The first kappa shape index (κ1) is 16.7. The van der Waals surface area contributed by atoms with Crippen LogP contribution in [0.1, 0.15) is 13.3 Å². The molecule has 1 aromatic rings. The van der Waals surface area contributed by atoms with E-state index in [1.165, 1.54) is 20.2 Å². The SMILES string of the molecule is CCCOCCOc1cccc(S(=O)(=O)N(C)C)c1N. The van der Waals surface area contributed by atoms with Gasteiger partial charge >= 0.3 is 0 Å². The van der Waals surface area contributed by atoms with E-state index in [9.17, 15) is 8.42 Å². The van der Waals surface area contributed by atoms with E-state index in [0.717, 1.165) is 10.7 Å². The Balaban J connectivity index is 2.81. The van der Waals surface area contributed by atoms with Gasteiger partial charge in [0.05, 0.1) is 12.3 Å². The summed E-state index contributed by atoms with van der Waals surface area (Å²) in [6.07, 6.45) is 0.943. The van der Waals surface area contributed by atoms with E-state index in [1.807, 2.05) is 6.92 Å². The zero-order chi connectivity index (χ0) is 15.2. The van der Waals surface area contributed by atoms with E-state index >= 15 is 0 Å². The average Bonchev–Trinajstić information content (AvgIpc) is 2.39. The number of benzene rings is 1. The molecular formula is C13H22N2O4S. The molecule has 0 spiro atoms. The largest absolute Gasteiger partial charge is 0.489 e. The first-order valence-electron chi connectivity index (χ1n) is 6.42. The van der Waals surface area contributed by atoms with E-state index in [-0.39, 0.29) is 10.6 Å². The van der Waals surface area contributed by atoms with Crippen LogP contribution in [0.4, 0.5) is 5.69 Å². The predicted molar refractivity (Wildman–Crippen MR) is 78.3 cm³/mol. The fourth-order valence-electron chi connectivity index (χ4n) is 1.53. The van der Waals surface area contributed by atoms with Crippen LogP contribution in [0.15, 0.2) is 23.1 Å². The van der Waals surface area contributed by atoms with Crippen molar-refractivity contribution < 1.29 is 17.9 Å². The summed E-state index contributed by atoms with van der Waals surface area (Å²) < 4.78 is 36.0. The standard InChI is InChI=1S/C13H22N2O4S/c1-4-8-18-9-10-19-11-6-5-7-12(13(11)14)20(16,17)15(2)3/h5-7H,4,8-10,14H2,1-3H3. The number of nitrogens with two attached hydrogens (primary N) is 1. The molecule has 0 amide bonds. The summed E-state index contributed by atoms with van der Waals surface area (Å²) >= 11 is 0. The van der Waals surface area contributed by atoms with Crippen LogP contribution in [-0.2, 0) is 14.8 Å². The molecule has 0 saturated carbocycles. The van der Waals surface area contributed by atoms with Crippen molar-refractivity contribution in [1.29, 1.82) is 0 Å². The highest BCUT2D eigenvalue weighted by atomic mass is 32.2. The lowest BCUT2D eigenvalue weighted by Gasteiger charge is -2.16. The van der Waals surface area contributed by atoms with Crippen molar-refractivity contribution >= 4 is 15.7 Å². The molecule has 0 atom stereocenters. The second kappa shape index (κ2) is 7.47. The predicted octanol–water partition coefficient (Wildman–Crippen LogP) is 1.32. The Morgan fingerprint density at radius 1 is 1.20 bits per heavy atom. The van der Waals surface area contributed by atoms with Crippen molar-refractivity contribution in [3.63, 3.8) is 0 Å². The molecule has 0 aliphatic heterocycles. The van der Waals surface area contributed by atoms with Crippen molar-refractivity contribution in [2.45, 2.75) is 18.2 Å². The number of para-hydroxylation sites is 1. The molecule has 0 aliphatic carbocycles. The third kappa shape index (κ3) is 4.09. The van der Waals surface area contributed by atoms with Crippen molar-refractivity contribution in [2.24, 2.45) is 0 Å². The smallest absolute Gasteiger partial charge is 0.244 e. The van der Waals surface area contributed by atoms with Crippen LogP contribution in [-0.4, -0.2) is 46.6 Å². The quantitative estimate of drug-likeness (QED) is 0.578. The van der Waals surface area contributed by atoms with Crippen LogP contribution >= 0.6 is 0 Å². The van der Waals surface area contributed by atoms with Gasteiger partial charge in [-0.05, 0) is 18.6 Å². The van der Waals surface area contributed by atoms with Gasteiger partial charge in [0.25, 0.3) is 0 Å². The molecule has 7 heteroatoms. The number of nitrogen functional groups attached to an aromatic ring is 1. The number of hydrogen-bond donors (Lipinski definition) is 1. The lowest BCUT2D eigenvalue weighted by atomic mass is 10.3. The van der Waals surface area contributed by atoms with Crippen LogP contribution in [0.3, 0.4) is 0 Å². The zero-order valence-corrected chi connectivity index (χ0v) is 12.9. The number of rotatable bonds is 8. The molecule has 0 radical (unpaired) electrons. The van der Waals surface area contributed by atoms with Crippen molar-refractivity contribution in [3.05, 3.63) is 18.2 Å². The summed E-state index contributed by atoms with van der Waals surface area (Å²) in [6.45, 7) is 3.47. The highest BCUT2D eigenvalue weighted by Crippen LogP contribution is 2.29. The summed E-state index contributed by atoms with van der Waals surface area (Å²) in [6, 6.07) is 4.71. The molecule has 0 unspecified atom stereocenters. The Hall–Kier alpha value is -1.31. The van der Waals surface area contributed by atoms with E-state index in [4.69, 9.17) is 15.2 Å². The van der Waals surface area contributed by atoms with Crippen LogP contribution in [0.2, 0.25) is 0 Å². The van der Waals surface area contributed by atoms with E-state index in [2.05, 4.69) is 0 Å². The lowest BCUT2D eigenvalue weighted by Crippen LogP contribution is -2.23. The summed E-state index contributed by atoms with van der Waals surface area (Å²) in [5.74, 6) is 0.355. The molecule has 0 saturated heterocycles. The Morgan fingerprint density at radius 2 is 1.90 bits per heavy atom. The molecule has 20 heavy (non-hydrogen) atoms. The Bertz CT molecular complexity index is 529. The van der Waals surface area contributed by atoms with Crippen molar-refractivity contribution in [2.75, 3.05) is 39.6 Å². The summed E-state index contributed by atoms with van der Waals surface area (Å²) in [5, 5.41) is 0. The Kier molecular flexibility index (Phi) is 6.25. The molecule has 114 valence electrons. The van der Waals surface area contributed by atoms with Gasteiger partial charge in [-0.15, -0.1) is 0 Å². The third-order valence-electron chi connectivity index (χ3n) is 2.62. The van der Waals surface area contributed by atoms with E-state index in [1.54, 1.807) is 12.1 Å². The highest BCUT2D eigenvalue weighted by molar-refractivity contribution is 7.89. The van der Waals surface area contributed by atoms with Crippen molar-refractivity contribution in [3.8, 4) is 5.75 Å². The average molecular weight is 302 g/mol. The van der Waals surface area contributed by atoms with Gasteiger partial charge in [0.2, 0.25) is 10.0 Å². The summed E-state index contributed by atoms with van der Waals surface area (Å²) in [7, 11) is -0.654. The van der Waals surface area contributed by atoms with Gasteiger partial charge in [-0.3, -0.25) is 0 Å². The first-order valence-corrected chi connectivity index (χ1v) is 7.86. The number of nitrogens with zero attached hydrogens (tertiary/aromatic N) is 1. The topological polar surface area (TPSA) is 81.9 Å². The fourth-order valence-corrected chi connectivity index (χ4v) is 2.55. The van der Waals surface area contributed by atoms with Crippen LogP contribution in [0.5, 0.6) is 5.75 Å². The minimum absolute atomic E-state index is 0.0504. The molecule has 2 N–H and O–H groups in total. The summed E-state index contributed by atoms with van der Waals surface area (Å²) in [5.41, 5.74) is 6.00. The number of anilines is 1. The van der Waals surface area contributed by atoms with Crippen LogP contribution in [0.25, 0.3) is 0 Å². The van der Waals surface area contributed by atoms with Gasteiger partial charge in [-0.2, -0.15) is 0 Å². The minimum atomic E-state index is -3.57. The number of sulfonamides is 1. The monoisotopic (exact) mass is 302 g/mol. The van der Waals surface area contributed by atoms with Crippen LogP contribution in [0, 0.1) is 0 Å². The normalized spacial score (nSPS) is 11.8. The van der Waals surface area contributed by atoms with Gasteiger partial charge in [-0.1, -0.05) is 13.0 Å². The number of ether oxygens (including phenoxy) is 2. The maximum Gasteiger partial charge on any atom is 0.244 e. The van der Waals surface area contributed by atoms with Gasteiger partial charge in [0.1, 0.15) is 17.3 Å². The Morgan fingerprint density at radius 3 is 2.50 bits per heavy atom. The molecule has 1 rings (SSSR count). The molecule has 0 heterocycles. The van der Waals surface area contributed by atoms with Gasteiger partial charge in [-0.25, -0.2) is 12.7 Å².